The lowest BCUT2D eigenvalue weighted by Gasteiger charge is -2.08. The highest BCUT2D eigenvalue weighted by Crippen LogP contribution is 2.25. The maximum atomic E-state index is 12.7. The molecule has 0 aliphatic heterocycles. The Bertz CT molecular complexity index is 1540. The molecule has 0 aliphatic rings. The lowest BCUT2D eigenvalue weighted by Crippen LogP contribution is -2.13. The van der Waals surface area contributed by atoms with Crippen molar-refractivity contribution in [1.82, 2.24) is 13.9 Å². The van der Waals surface area contributed by atoms with E-state index in [0.29, 0.717) is 6.54 Å². The fourth-order valence-electron chi connectivity index (χ4n) is 3.37. The molecule has 4 rings (SSSR count). The second-order valence-electron chi connectivity index (χ2n) is 7.43. The molecule has 0 saturated carbocycles. The number of fused-ring (bicyclic) bond motifs is 1. The fourth-order valence-corrected chi connectivity index (χ4v) is 4.81. The van der Waals surface area contributed by atoms with E-state index in [1.807, 2.05) is 48.7 Å². The number of nitriles is 1. The van der Waals surface area contributed by atoms with E-state index in [1.54, 1.807) is 0 Å². The number of carbonyl (C=O) groups excluding carboxylic acids is 1. The number of anilines is 1. The maximum absolute atomic E-state index is 12.7. The molecular weight excluding hydrogens is 458 g/mol. The standard InChI is InChI=1S/C23H19N5O3S2/c1-15-7-3-4-8-16(15)13-28-14-18(19-9-5-6-10-20(19)28)11-17(12-24)21(29)25-22-26-23(27-32-22)33(2,30)31/h3-11,14H,13H2,1-2H3,(H,25,26,27,29)/b17-11-. The average Bonchev–Trinajstić information content (AvgIpc) is 3.39. The van der Waals surface area contributed by atoms with Crippen LogP contribution in [0.15, 0.2) is 65.5 Å². The van der Waals surface area contributed by atoms with Crippen LogP contribution in [0.2, 0.25) is 0 Å². The van der Waals surface area contributed by atoms with Crippen LogP contribution in [0.4, 0.5) is 5.13 Å². The molecule has 0 radical (unpaired) electrons. The first-order valence-electron chi connectivity index (χ1n) is 9.85. The van der Waals surface area contributed by atoms with E-state index in [1.165, 1.54) is 17.2 Å². The molecule has 0 atom stereocenters. The van der Waals surface area contributed by atoms with Gasteiger partial charge in [0.25, 0.3) is 11.1 Å². The minimum absolute atomic E-state index is 0.00329. The number of hydrogen-bond donors (Lipinski definition) is 1. The van der Waals surface area contributed by atoms with Crippen molar-refractivity contribution in [2.45, 2.75) is 18.6 Å². The number of para-hydroxylation sites is 1. The van der Waals surface area contributed by atoms with Crippen LogP contribution in [0.5, 0.6) is 0 Å². The van der Waals surface area contributed by atoms with Gasteiger partial charge in [-0.05, 0) is 30.2 Å². The Kier molecular flexibility index (Phi) is 6.09. The maximum Gasteiger partial charge on any atom is 0.268 e. The van der Waals surface area contributed by atoms with Gasteiger partial charge < -0.3 is 4.57 Å². The molecule has 10 heteroatoms. The molecule has 0 fully saturated rings. The molecule has 8 nitrogen and oxygen atoms in total. The Hall–Kier alpha value is -3.81. The third-order valence-corrected chi connectivity index (χ3v) is 6.64. The van der Waals surface area contributed by atoms with E-state index in [0.717, 1.165) is 34.3 Å². The Morgan fingerprint density at radius 1 is 1.21 bits per heavy atom. The molecule has 0 bridgehead atoms. The zero-order chi connectivity index (χ0) is 23.6. The van der Waals surface area contributed by atoms with Gasteiger partial charge in [0.05, 0.1) is 0 Å². The Balaban J connectivity index is 1.67. The summed E-state index contributed by atoms with van der Waals surface area (Å²) < 4.78 is 28.9. The van der Waals surface area contributed by atoms with Gasteiger partial charge >= 0.3 is 0 Å². The summed E-state index contributed by atoms with van der Waals surface area (Å²) in [6.45, 7) is 2.71. The summed E-state index contributed by atoms with van der Waals surface area (Å²) in [6.07, 6.45) is 4.41. The second-order valence-corrected chi connectivity index (χ2v) is 10.1. The SMILES string of the molecule is Cc1ccccc1Cn1cc(/C=C(/C#N)C(=O)Nc2nc(S(C)(=O)=O)ns2)c2ccccc21. The number of nitrogens with one attached hydrogen (secondary N) is 1. The first-order chi connectivity index (χ1) is 15.8. The molecule has 166 valence electrons. The van der Waals surface area contributed by atoms with Gasteiger partial charge in [0, 0.05) is 47.0 Å². The highest BCUT2D eigenvalue weighted by atomic mass is 32.2. The first-order valence-corrected chi connectivity index (χ1v) is 12.5. The molecule has 0 spiro atoms. The van der Waals surface area contributed by atoms with Crippen molar-refractivity contribution in [2.24, 2.45) is 0 Å². The highest BCUT2D eigenvalue weighted by molar-refractivity contribution is 7.90. The van der Waals surface area contributed by atoms with Crippen LogP contribution < -0.4 is 5.32 Å². The van der Waals surface area contributed by atoms with Gasteiger partial charge in [0.15, 0.2) is 0 Å². The van der Waals surface area contributed by atoms with E-state index < -0.39 is 15.7 Å². The number of hydrogen-bond acceptors (Lipinski definition) is 7. The summed E-state index contributed by atoms with van der Waals surface area (Å²) in [5, 5.41) is 12.6. The van der Waals surface area contributed by atoms with Gasteiger partial charge in [0.2, 0.25) is 15.0 Å². The highest BCUT2D eigenvalue weighted by Gasteiger charge is 2.18. The third-order valence-electron chi connectivity index (χ3n) is 5.05. The van der Waals surface area contributed by atoms with Crippen LogP contribution in [-0.4, -0.2) is 34.5 Å². The van der Waals surface area contributed by atoms with Gasteiger partial charge in [-0.15, -0.1) is 0 Å². The van der Waals surface area contributed by atoms with Crippen LogP contribution in [0, 0.1) is 18.3 Å². The first kappa shape index (κ1) is 22.4. The molecule has 0 unspecified atom stereocenters. The van der Waals surface area contributed by atoms with Crippen molar-refractivity contribution >= 4 is 49.4 Å². The second kappa shape index (κ2) is 8.97. The predicted octanol–water partition coefficient (Wildman–Crippen LogP) is 3.80. The minimum atomic E-state index is -3.59. The molecular formula is C23H19N5O3S2. The largest absolute Gasteiger partial charge is 0.342 e. The Labute approximate surface area is 194 Å². The van der Waals surface area contributed by atoms with E-state index >= 15 is 0 Å². The molecule has 2 heterocycles. The summed E-state index contributed by atoms with van der Waals surface area (Å²) in [7, 11) is -3.59. The number of sulfone groups is 1. The summed E-state index contributed by atoms with van der Waals surface area (Å²) in [4.78, 5) is 16.5. The normalized spacial score (nSPS) is 12.0. The number of aryl methyl sites for hydroxylation is 1. The molecule has 0 aliphatic carbocycles. The fraction of sp³-hybridized carbons (Fsp3) is 0.130. The van der Waals surface area contributed by atoms with Gasteiger partial charge in [-0.25, -0.2) is 8.42 Å². The van der Waals surface area contributed by atoms with Crippen molar-refractivity contribution in [2.75, 3.05) is 11.6 Å². The summed E-state index contributed by atoms with van der Waals surface area (Å²) >= 11 is 0.735. The van der Waals surface area contributed by atoms with Crippen molar-refractivity contribution in [1.29, 1.82) is 5.26 Å². The Morgan fingerprint density at radius 3 is 2.64 bits per heavy atom. The van der Waals surface area contributed by atoms with Gasteiger partial charge in [-0.2, -0.15) is 14.6 Å². The molecule has 2 aromatic heterocycles. The van der Waals surface area contributed by atoms with Gasteiger partial charge in [-0.1, -0.05) is 42.5 Å². The smallest absolute Gasteiger partial charge is 0.268 e. The number of benzene rings is 2. The van der Waals surface area contributed by atoms with Crippen LogP contribution in [0.1, 0.15) is 16.7 Å². The van der Waals surface area contributed by atoms with E-state index in [4.69, 9.17) is 0 Å². The lowest BCUT2D eigenvalue weighted by molar-refractivity contribution is -0.112. The zero-order valence-corrected chi connectivity index (χ0v) is 19.4. The van der Waals surface area contributed by atoms with E-state index in [-0.39, 0.29) is 15.9 Å². The number of aromatic nitrogens is 3. The number of nitrogens with zero attached hydrogens (tertiary/aromatic N) is 4. The lowest BCUT2D eigenvalue weighted by atomic mass is 10.1. The molecule has 0 saturated heterocycles. The minimum Gasteiger partial charge on any atom is -0.342 e. The Morgan fingerprint density at radius 2 is 1.94 bits per heavy atom. The van der Waals surface area contributed by atoms with Crippen molar-refractivity contribution in [3.8, 4) is 6.07 Å². The van der Waals surface area contributed by atoms with Gasteiger partial charge in [0.1, 0.15) is 11.6 Å². The number of amides is 1. The van der Waals surface area contributed by atoms with Crippen LogP contribution in [0.3, 0.4) is 0 Å². The molecule has 1 amide bonds. The quantitative estimate of drug-likeness (QED) is 0.333. The third kappa shape index (κ3) is 4.84. The molecule has 33 heavy (non-hydrogen) atoms. The van der Waals surface area contributed by atoms with Gasteiger partial charge in [-0.3, -0.25) is 10.1 Å². The molecule has 1 N–H and O–H groups in total. The predicted molar refractivity (Wildman–Crippen MR) is 127 cm³/mol. The van der Waals surface area contributed by atoms with E-state index in [9.17, 15) is 18.5 Å². The van der Waals surface area contributed by atoms with Crippen molar-refractivity contribution in [3.63, 3.8) is 0 Å². The van der Waals surface area contributed by atoms with Crippen LogP contribution in [0.25, 0.3) is 17.0 Å². The summed E-state index contributed by atoms with van der Waals surface area (Å²) in [6, 6.07) is 17.8. The monoisotopic (exact) mass is 477 g/mol. The topological polar surface area (TPSA) is 118 Å². The van der Waals surface area contributed by atoms with E-state index in [2.05, 4.69) is 38.3 Å². The summed E-state index contributed by atoms with van der Waals surface area (Å²) in [5.41, 5.74) is 3.91. The average molecular weight is 478 g/mol. The van der Waals surface area contributed by atoms with Crippen LogP contribution >= 0.6 is 11.5 Å². The molecule has 2 aromatic carbocycles. The number of carbonyl (C=O) groups is 1. The van der Waals surface area contributed by atoms with Crippen molar-refractivity contribution in [3.05, 3.63) is 77.0 Å². The number of rotatable bonds is 6. The van der Waals surface area contributed by atoms with Crippen LogP contribution in [-0.2, 0) is 21.2 Å². The molecule has 4 aromatic rings. The summed E-state index contributed by atoms with van der Waals surface area (Å²) in [5.74, 6) is -0.690. The zero-order valence-electron chi connectivity index (χ0n) is 17.8. The van der Waals surface area contributed by atoms with Crippen molar-refractivity contribution < 1.29 is 13.2 Å².